The second-order valence-corrected chi connectivity index (χ2v) is 20.8. The van der Waals surface area contributed by atoms with Gasteiger partial charge in [0.1, 0.15) is 0 Å². The van der Waals surface area contributed by atoms with Gasteiger partial charge in [-0.05, 0) is 79.8 Å². The fourth-order valence-electron chi connectivity index (χ4n) is 8.84. The van der Waals surface area contributed by atoms with Crippen LogP contribution in [0.5, 0.6) is 0 Å². The topological polar surface area (TPSA) is 18.6 Å². The minimum atomic E-state index is -4.79. The van der Waals surface area contributed by atoms with Crippen molar-refractivity contribution in [3.05, 3.63) is 154 Å². The van der Waals surface area contributed by atoms with E-state index >= 15 is 13.2 Å². The molecule has 2 aromatic heterocycles. The van der Waals surface area contributed by atoms with Gasteiger partial charge >= 0.3 is 6.18 Å². The van der Waals surface area contributed by atoms with Crippen molar-refractivity contribution in [3.63, 3.8) is 0 Å². The van der Waals surface area contributed by atoms with Crippen molar-refractivity contribution in [1.29, 1.82) is 0 Å². The maximum Gasteiger partial charge on any atom is 0.415 e. The number of rotatable bonds is 3. The van der Waals surface area contributed by atoms with Crippen LogP contribution in [0.25, 0.3) is 75.8 Å². The summed E-state index contributed by atoms with van der Waals surface area (Å²) < 4.78 is 50.1. The number of alkyl halides is 3. The quantitative estimate of drug-likeness (QED) is 0.158. The Morgan fingerprint density at radius 1 is 0.452 bits per heavy atom. The summed E-state index contributed by atoms with van der Waals surface area (Å²) in [6, 6.07) is 32.9. The van der Waals surface area contributed by atoms with Crippen molar-refractivity contribution in [2.75, 3.05) is 0 Å². The number of fused-ring (bicyclic) bond motifs is 6. The smallest absolute Gasteiger partial charge is 0.319 e. The average molecular weight is 827 g/mol. The van der Waals surface area contributed by atoms with E-state index < -0.39 is 11.7 Å². The molecule has 0 aliphatic rings. The lowest BCUT2D eigenvalue weighted by Crippen LogP contribution is -2.12. The first-order valence-electron chi connectivity index (χ1n) is 21.2. The molecule has 2 heterocycles. The molecule has 4 nitrogen and oxygen atoms in total. The van der Waals surface area contributed by atoms with E-state index in [1.807, 2.05) is 4.57 Å². The van der Waals surface area contributed by atoms with Crippen LogP contribution in [0.3, 0.4) is 0 Å². The molecule has 8 aromatic rings. The maximum absolute atomic E-state index is 15.3. The summed E-state index contributed by atoms with van der Waals surface area (Å²) in [5, 5.41) is 3.84. The van der Waals surface area contributed by atoms with Crippen LogP contribution in [0.4, 0.5) is 24.5 Å². The molecule has 0 aliphatic heterocycles. The summed E-state index contributed by atoms with van der Waals surface area (Å²) in [4.78, 5) is 8.07. The number of nitrogens with zero attached hydrogens (tertiary/aromatic N) is 4. The van der Waals surface area contributed by atoms with E-state index in [0.29, 0.717) is 11.4 Å². The molecule has 7 heteroatoms. The van der Waals surface area contributed by atoms with E-state index in [0.717, 1.165) is 71.9 Å². The fraction of sp³-hybridized carbons (Fsp3) is 0.309. The van der Waals surface area contributed by atoms with Crippen LogP contribution >= 0.6 is 0 Å². The first-order chi connectivity index (χ1) is 28.8. The molecule has 0 atom stereocenters. The van der Waals surface area contributed by atoms with Crippen molar-refractivity contribution >= 4 is 55.0 Å². The zero-order valence-corrected chi connectivity index (χ0v) is 37.7. The molecular weight excluding hydrogens is 774 g/mol. The van der Waals surface area contributed by atoms with Gasteiger partial charge in [0, 0.05) is 27.1 Å². The third-order valence-corrected chi connectivity index (χ3v) is 12.4. The second-order valence-electron chi connectivity index (χ2n) is 20.8. The predicted octanol–water partition coefficient (Wildman–Crippen LogP) is 16.9. The second kappa shape index (κ2) is 14.1. The molecule has 0 saturated carbocycles. The van der Waals surface area contributed by atoms with E-state index in [1.165, 1.54) is 12.1 Å². The summed E-state index contributed by atoms with van der Waals surface area (Å²) in [5.74, 6) is 0. The van der Waals surface area contributed by atoms with Crippen molar-refractivity contribution < 1.29 is 13.2 Å². The summed E-state index contributed by atoms with van der Waals surface area (Å²) in [5.41, 5.74) is 6.56. The Balaban J connectivity index is 1.66. The van der Waals surface area contributed by atoms with Gasteiger partial charge < -0.3 is 9.13 Å². The molecule has 0 amide bonds. The molecule has 8 rings (SSSR count). The van der Waals surface area contributed by atoms with Crippen LogP contribution in [0.15, 0.2) is 103 Å². The van der Waals surface area contributed by atoms with Gasteiger partial charge in [-0.1, -0.05) is 156 Å². The van der Waals surface area contributed by atoms with Crippen LogP contribution in [0.1, 0.15) is 111 Å². The average Bonchev–Trinajstić information content (AvgIpc) is 3.69. The highest BCUT2D eigenvalue weighted by molar-refractivity contribution is 6.13. The van der Waals surface area contributed by atoms with Gasteiger partial charge in [0.05, 0.1) is 52.1 Å². The van der Waals surface area contributed by atoms with Gasteiger partial charge in [0.25, 0.3) is 0 Å². The highest BCUT2D eigenvalue weighted by Gasteiger charge is 2.37. The first kappa shape index (κ1) is 42.4. The molecule has 62 heavy (non-hydrogen) atoms. The number of aromatic nitrogens is 2. The molecule has 0 saturated heterocycles. The molecule has 0 spiro atoms. The molecule has 0 aliphatic carbocycles. The minimum absolute atomic E-state index is 0.141. The van der Waals surface area contributed by atoms with Gasteiger partial charge in [0.15, 0.2) is 5.69 Å². The Morgan fingerprint density at radius 2 is 0.839 bits per heavy atom. The molecule has 0 fully saturated rings. The van der Waals surface area contributed by atoms with Crippen molar-refractivity contribution in [3.8, 4) is 22.5 Å². The first-order valence-corrected chi connectivity index (χ1v) is 21.2. The highest BCUT2D eigenvalue weighted by Crippen LogP contribution is 2.51. The summed E-state index contributed by atoms with van der Waals surface area (Å²) >= 11 is 0. The number of hydrogen-bond donors (Lipinski definition) is 0. The number of hydrogen-bond acceptors (Lipinski definition) is 0. The van der Waals surface area contributed by atoms with Crippen molar-refractivity contribution in [2.45, 2.75) is 111 Å². The summed E-state index contributed by atoms with van der Waals surface area (Å²) in [7, 11) is 0. The summed E-state index contributed by atoms with van der Waals surface area (Å²) in [6.07, 6.45) is -4.79. The van der Waals surface area contributed by atoms with E-state index in [2.05, 4.69) is 170 Å². The Kier molecular flexibility index (Phi) is 9.65. The Morgan fingerprint density at radius 3 is 1.18 bits per heavy atom. The molecule has 0 unspecified atom stereocenters. The Bertz CT molecular complexity index is 3080. The van der Waals surface area contributed by atoms with Gasteiger partial charge in [-0.2, -0.15) is 13.2 Å². The van der Waals surface area contributed by atoms with E-state index in [9.17, 15) is 6.57 Å². The SMILES string of the molecule is [C-]#[N+]c1cccc(C(F)(F)F)c1-c1ccc(-n2c3cc(C(C)(C)C)ccc3c3ccc(C(C)(C)C)cc32)c([N+]#[C-])c1-n1c2cc(C(C)(C)C)ccc2c2ccc(C(C)(C)C)cc21. The van der Waals surface area contributed by atoms with Gasteiger partial charge in [-0.3, -0.25) is 0 Å². The van der Waals surface area contributed by atoms with Gasteiger partial charge in [0.2, 0.25) is 5.69 Å². The van der Waals surface area contributed by atoms with Crippen LogP contribution in [-0.4, -0.2) is 9.13 Å². The number of benzene rings is 6. The third kappa shape index (κ3) is 6.93. The standard InChI is InChI=1S/C55H53F3N4/c1-51(2,3)32-18-22-36-37-23-19-33(52(4,5)6)29-45(37)61(44(36)28-32)43-27-26-40(48-41(55(56,57)58)16-15-17-42(48)59-13)50(49(43)60-14)62-46-30-34(53(7,8)9)20-24-38(46)39-25-21-35(31-47(39)62)54(10,11)12/h15-31H,1-12H3. The maximum atomic E-state index is 15.3. The monoisotopic (exact) mass is 826 g/mol. The normalized spacial score (nSPS) is 13.0. The zero-order chi connectivity index (χ0) is 45.1. The van der Waals surface area contributed by atoms with Crippen molar-refractivity contribution in [1.82, 2.24) is 9.13 Å². The van der Waals surface area contributed by atoms with Gasteiger partial charge in [-0.15, -0.1) is 0 Å². The zero-order valence-electron chi connectivity index (χ0n) is 37.7. The Labute approximate surface area is 363 Å². The molecule has 0 radical (unpaired) electrons. The van der Waals surface area contributed by atoms with Crippen molar-refractivity contribution in [2.24, 2.45) is 0 Å². The number of halogens is 3. The third-order valence-electron chi connectivity index (χ3n) is 12.4. The minimum Gasteiger partial charge on any atom is -0.319 e. The van der Waals surface area contributed by atoms with Crippen LogP contribution < -0.4 is 0 Å². The van der Waals surface area contributed by atoms with Crippen LogP contribution in [0, 0.1) is 13.1 Å². The lowest BCUT2D eigenvalue weighted by Gasteiger charge is -2.25. The van der Waals surface area contributed by atoms with E-state index in [1.54, 1.807) is 12.1 Å². The molecule has 0 bridgehead atoms. The van der Waals surface area contributed by atoms with Crippen LogP contribution in [-0.2, 0) is 27.8 Å². The van der Waals surface area contributed by atoms with E-state index in [-0.39, 0.29) is 44.2 Å². The molecule has 314 valence electrons. The lowest BCUT2D eigenvalue weighted by atomic mass is 9.86. The summed E-state index contributed by atoms with van der Waals surface area (Å²) in [6.45, 7) is 43.2. The largest absolute Gasteiger partial charge is 0.415 e. The van der Waals surface area contributed by atoms with Crippen LogP contribution in [0.2, 0.25) is 0 Å². The molecule has 6 aromatic carbocycles. The Hall–Kier alpha value is -6.31. The molecular formula is C55H53F3N4. The molecule has 0 N–H and O–H groups in total. The van der Waals surface area contributed by atoms with E-state index in [4.69, 9.17) is 6.57 Å². The van der Waals surface area contributed by atoms with Gasteiger partial charge in [-0.25, -0.2) is 9.69 Å². The predicted molar refractivity (Wildman–Crippen MR) is 253 cm³/mol. The fourth-order valence-corrected chi connectivity index (χ4v) is 8.84. The lowest BCUT2D eigenvalue weighted by molar-refractivity contribution is -0.137. The highest BCUT2D eigenvalue weighted by atomic mass is 19.4.